The first-order chi connectivity index (χ1) is 8.08. The van der Waals surface area contributed by atoms with E-state index in [2.05, 4.69) is 37.9 Å². The van der Waals surface area contributed by atoms with Gasteiger partial charge in [0, 0.05) is 12.1 Å². The van der Waals surface area contributed by atoms with Crippen LogP contribution in [0.25, 0.3) is 0 Å². The van der Waals surface area contributed by atoms with Crippen LogP contribution in [0.1, 0.15) is 31.0 Å². The molecule has 1 heterocycles. The number of hydrogen-bond acceptors (Lipinski definition) is 3. The summed E-state index contributed by atoms with van der Waals surface area (Å²) in [5.41, 5.74) is 2.73. The zero-order valence-electron chi connectivity index (χ0n) is 11.3. The number of likely N-dealkylation sites (N-methyl/N-ethyl adjacent to an activating group) is 1. The third-order valence-corrected chi connectivity index (χ3v) is 3.92. The highest BCUT2D eigenvalue weighted by atomic mass is 16.5. The SMILES string of the molecule is COc1cc2c(cc1OC)C(C)N(C)C(C)C2. The quantitative estimate of drug-likeness (QED) is 0.786. The van der Waals surface area contributed by atoms with Crippen molar-refractivity contribution >= 4 is 0 Å². The molecule has 94 valence electrons. The maximum atomic E-state index is 5.37. The highest BCUT2D eigenvalue weighted by molar-refractivity contribution is 5.49. The second-order valence-corrected chi connectivity index (χ2v) is 4.80. The predicted molar refractivity (Wildman–Crippen MR) is 68.9 cm³/mol. The minimum absolute atomic E-state index is 0.425. The zero-order chi connectivity index (χ0) is 12.6. The summed E-state index contributed by atoms with van der Waals surface area (Å²) in [4.78, 5) is 2.40. The fourth-order valence-corrected chi connectivity index (χ4v) is 2.57. The van der Waals surface area contributed by atoms with Crippen LogP contribution in [0.15, 0.2) is 12.1 Å². The summed E-state index contributed by atoms with van der Waals surface area (Å²) in [7, 11) is 5.55. The van der Waals surface area contributed by atoms with Crippen molar-refractivity contribution < 1.29 is 9.47 Å². The van der Waals surface area contributed by atoms with Crippen molar-refractivity contribution in [3.63, 3.8) is 0 Å². The minimum Gasteiger partial charge on any atom is -0.493 e. The fourth-order valence-electron chi connectivity index (χ4n) is 2.57. The van der Waals surface area contributed by atoms with Crippen molar-refractivity contribution in [2.24, 2.45) is 0 Å². The van der Waals surface area contributed by atoms with E-state index in [-0.39, 0.29) is 0 Å². The maximum absolute atomic E-state index is 5.37. The molecule has 1 aromatic carbocycles. The largest absolute Gasteiger partial charge is 0.493 e. The predicted octanol–water partition coefficient (Wildman–Crippen LogP) is 2.64. The molecule has 0 radical (unpaired) electrons. The molecular formula is C14H21NO2. The molecule has 3 nitrogen and oxygen atoms in total. The van der Waals surface area contributed by atoms with Crippen molar-refractivity contribution in [3.8, 4) is 11.5 Å². The normalized spacial score (nSPS) is 24.3. The van der Waals surface area contributed by atoms with Crippen LogP contribution in [0.2, 0.25) is 0 Å². The Labute approximate surface area is 103 Å². The fraction of sp³-hybridized carbons (Fsp3) is 0.571. The van der Waals surface area contributed by atoms with Gasteiger partial charge >= 0.3 is 0 Å². The molecule has 0 saturated heterocycles. The van der Waals surface area contributed by atoms with Crippen LogP contribution < -0.4 is 9.47 Å². The van der Waals surface area contributed by atoms with Gasteiger partial charge in [-0.1, -0.05) is 0 Å². The van der Waals surface area contributed by atoms with Gasteiger partial charge in [-0.05, 0) is 50.6 Å². The first-order valence-corrected chi connectivity index (χ1v) is 6.05. The summed E-state index contributed by atoms with van der Waals surface area (Å²) >= 11 is 0. The van der Waals surface area contributed by atoms with Gasteiger partial charge in [-0.15, -0.1) is 0 Å². The van der Waals surface area contributed by atoms with Crippen molar-refractivity contribution in [2.75, 3.05) is 21.3 Å². The lowest BCUT2D eigenvalue weighted by atomic mass is 9.89. The van der Waals surface area contributed by atoms with Gasteiger partial charge in [0.2, 0.25) is 0 Å². The minimum atomic E-state index is 0.425. The summed E-state index contributed by atoms with van der Waals surface area (Å²) in [5.74, 6) is 1.65. The molecule has 17 heavy (non-hydrogen) atoms. The van der Waals surface area contributed by atoms with Crippen molar-refractivity contribution in [1.29, 1.82) is 0 Å². The standard InChI is InChI=1S/C14H21NO2/c1-9-6-11-7-13(16-4)14(17-5)8-12(11)10(2)15(9)3/h7-10H,6H2,1-5H3. The number of rotatable bonds is 2. The van der Waals surface area contributed by atoms with E-state index in [1.165, 1.54) is 11.1 Å². The molecule has 0 amide bonds. The van der Waals surface area contributed by atoms with Gasteiger partial charge < -0.3 is 9.47 Å². The Kier molecular flexibility index (Phi) is 3.29. The smallest absolute Gasteiger partial charge is 0.161 e. The first-order valence-electron chi connectivity index (χ1n) is 6.05. The van der Waals surface area contributed by atoms with Crippen LogP contribution in [0.4, 0.5) is 0 Å². The second-order valence-electron chi connectivity index (χ2n) is 4.80. The summed E-state index contributed by atoms with van der Waals surface area (Å²) in [6, 6.07) is 5.22. The Morgan fingerprint density at radius 3 is 2.29 bits per heavy atom. The first kappa shape index (κ1) is 12.2. The molecule has 0 spiro atoms. The zero-order valence-corrected chi connectivity index (χ0v) is 11.3. The van der Waals surface area contributed by atoms with E-state index >= 15 is 0 Å². The monoisotopic (exact) mass is 235 g/mol. The van der Waals surface area contributed by atoms with Crippen LogP contribution in [-0.4, -0.2) is 32.2 Å². The lowest BCUT2D eigenvalue weighted by Crippen LogP contribution is -2.37. The van der Waals surface area contributed by atoms with Crippen LogP contribution in [0.3, 0.4) is 0 Å². The number of hydrogen-bond donors (Lipinski definition) is 0. The molecule has 0 N–H and O–H groups in total. The summed E-state index contributed by atoms with van der Waals surface area (Å²) < 4.78 is 10.7. The molecule has 0 fully saturated rings. The van der Waals surface area contributed by atoms with Crippen LogP contribution in [0.5, 0.6) is 11.5 Å². The van der Waals surface area contributed by atoms with Gasteiger partial charge in [0.25, 0.3) is 0 Å². The molecule has 0 aliphatic carbocycles. The van der Waals surface area contributed by atoms with Gasteiger partial charge in [-0.25, -0.2) is 0 Å². The van der Waals surface area contributed by atoms with E-state index in [1.54, 1.807) is 14.2 Å². The Bertz CT molecular complexity index is 417. The third kappa shape index (κ3) is 2.00. The number of methoxy groups -OCH3 is 2. The molecule has 2 unspecified atom stereocenters. The van der Waals surface area contributed by atoms with Crippen LogP contribution in [0, 0.1) is 0 Å². The molecule has 0 saturated carbocycles. The Balaban J connectivity index is 2.50. The van der Waals surface area contributed by atoms with Gasteiger partial charge in [-0.3, -0.25) is 4.90 Å². The molecule has 0 bridgehead atoms. The molecular weight excluding hydrogens is 214 g/mol. The van der Waals surface area contributed by atoms with E-state index in [1.807, 2.05) is 0 Å². The average molecular weight is 235 g/mol. The molecule has 1 aromatic rings. The van der Waals surface area contributed by atoms with E-state index in [4.69, 9.17) is 9.47 Å². The maximum Gasteiger partial charge on any atom is 0.161 e. The van der Waals surface area contributed by atoms with Crippen LogP contribution in [-0.2, 0) is 6.42 Å². The van der Waals surface area contributed by atoms with Crippen molar-refractivity contribution in [2.45, 2.75) is 32.4 Å². The summed E-state index contributed by atoms with van der Waals surface area (Å²) in [5, 5.41) is 0. The van der Waals surface area contributed by atoms with Crippen LogP contribution >= 0.6 is 0 Å². The number of benzene rings is 1. The molecule has 2 atom stereocenters. The van der Waals surface area contributed by atoms with Gasteiger partial charge in [0.05, 0.1) is 14.2 Å². The Morgan fingerprint density at radius 2 is 1.71 bits per heavy atom. The lowest BCUT2D eigenvalue weighted by molar-refractivity contribution is 0.178. The van der Waals surface area contributed by atoms with E-state index < -0.39 is 0 Å². The number of ether oxygens (including phenoxy) is 2. The molecule has 2 rings (SSSR count). The molecule has 3 heteroatoms. The van der Waals surface area contributed by atoms with Gasteiger partial charge in [0.15, 0.2) is 11.5 Å². The Morgan fingerprint density at radius 1 is 1.12 bits per heavy atom. The molecule has 0 aromatic heterocycles. The van der Waals surface area contributed by atoms with Crippen molar-refractivity contribution in [1.82, 2.24) is 4.90 Å². The summed E-state index contributed by atoms with van der Waals surface area (Å²) in [6.45, 7) is 4.50. The number of fused-ring (bicyclic) bond motifs is 1. The summed E-state index contributed by atoms with van der Waals surface area (Å²) in [6.07, 6.45) is 1.07. The Hall–Kier alpha value is -1.22. The number of nitrogens with zero attached hydrogens (tertiary/aromatic N) is 1. The van der Waals surface area contributed by atoms with E-state index in [9.17, 15) is 0 Å². The highest BCUT2D eigenvalue weighted by Crippen LogP contribution is 2.38. The molecule has 1 aliphatic heterocycles. The molecule has 1 aliphatic rings. The van der Waals surface area contributed by atoms with E-state index in [0.717, 1.165) is 17.9 Å². The van der Waals surface area contributed by atoms with Gasteiger partial charge in [-0.2, -0.15) is 0 Å². The second kappa shape index (κ2) is 4.57. The van der Waals surface area contributed by atoms with Gasteiger partial charge in [0.1, 0.15) is 0 Å². The highest BCUT2D eigenvalue weighted by Gasteiger charge is 2.27. The lowest BCUT2D eigenvalue weighted by Gasteiger charge is -2.37. The topological polar surface area (TPSA) is 21.7 Å². The van der Waals surface area contributed by atoms with Crippen molar-refractivity contribution in [3.05, 3.63) is 23.3 Å². The third-order valence-electron chi connectivity index (χ3n) is 3.92. The average Bonchev–Trinajstić information content (AvgIpc) is 2.34. The van der Waals surface area contributed by atoms with E-state index in [0.29, 0.717) is 12.1 Å².